The molecule has 0 atom stereocenters. The molecule has 0 aliphatic heterocycles. The number of nitrogens with zero attached hydrogens (tertiary/aromatic N) is 2. The molecule has 1 heterocycles. The maximum Gasteiger partial charge on any atom is 0.167 e. The first-order chi connectivity index (χ1) is 7.20. The lowest BCUT2D eigenvalue weighted by molar-refractivity contribution is 0.138. The van der Waals surface area contributed by atoms with E-state index in [2.05, 4.69) is 18.8 Å². The molecular weight excluding hydrogens is 208 g/mol. The summed E-state index contributed by atoms with van der Waals surface area (Å²) in [5, 5.41) is 1.06. The fourth-order valence-corrected chi connectivity index (χ4v) is 1.89. The molecule has 4 heteroatoms. The molecule has 0 aliphatic rings. The summed E-state index contributed by atoms with van der Waals surface area (Å²) in [6.45, 7) is 6.11. The van der Waals surface area contributed by atoms with Gasteiger partial charge in [0.25, 0.3) is 0 Å². The highest BCUT2D eigenvalue weighted by molar-refractivity contribution is 7.99. The van der Waals surface area contributed by atoms with Crippen LogP contribution < -0.4 is 0 Å². The number of rotatable bonds is 7. The lowest BCUT2D eigenvalue weighted by Gasteiger charge is -2.06. The summed E-state index contributed by atoms with van der Waals surface area (Å²) >= 11 is 1.74. The smallest absolute Gasteiger partial charge is 0.167 e. The molecule has 0 radical (unpaired) electrons. The van der Waals surface area contributed by atoms with Crippen molar-refractivity contribution in [2.75, 3.05) is 19.0 Å². The summed E-state index contributed by atoms with van der Waals surface area (Å²) in [5.74, 6) is 1.70. The Morgan fingerprint density at radius 2 is 2.27 bits per heavy atom. The van der Waals surface area contributed by atoms with Gasteiger partial charge in [-0.3, -0.25) is 0 Å². The second-order valence-corrected chi connectivity index (χ2v) is 5.03. The molecule has 1 aromatic heterocycles. The van der Waals surface area contributed by atoms with Crippen LogP contribution in [-0.2, 0) is 11.8 Å². The monoisotopic (exact) mass is 228 g/mol. The van der Waals surface area contributed by atoms with Crippen LogP contribution in [0.1, 0.15) is 20.3 Å². The molecule has 0 bridgehead atoms. The Labute approximate surface area is 96.2 Å². The van der Waals surface area contributed by atoms with Crippen LogP contribution in [0.4, 0.5) is 0 Å². The number of ether oxygens (including phenoxy) is 1. The van der Waals surface area contributed by atoms with Gasteiger partial charge in [0.2, 0.25) is 0 Å². The van der Waals surface area contributed by atoms with Crippen molar-refractivity contribution in [1.82, 2.24) is 9.55 Å². The minimum absolute atomic E-state index is 0.729. The van der Waals surface area contributed by atoms with Crippen LogP contribution in [0.2, 0.25) is 0 Å². The Morgan fingerprint density at radius 1 is 1.47 bits per heavy atom. The van der Waals surface area contributed by atoms with Crippen molar-refractivity contribution in [2.24, 2.45) is 13.0 Å². The van der Waals surface area contributed by atoms with Gasteiger partial charge >= 0.3 is 0 Å². The van der Waals surface area contributed by atoms with Crippen molar-refractivity contribution < 1.29 is 4.74 Å². The van der Waals surface area contributed by atoms with E-state index in [-0.39, 0.29) is 0 Å². The standard InChI is InChI=1S/C11H20N2OS/c1-10(2)4-7-14-8-9-15-11-12-5-6-13(11)3/h5-6,10H,4,7-9H2,1-3H3. The Morgan fingerprint density at radius 3 is 2.87 bits per heavy atom. The highest BCUT2D eigenvalue weighted by Gasteiger charge is 1.99. The van der Waals surface area contributed by atoms with Crippen LogP contribution >= 0.6 is 11.8 Å². The Hall–Kier alpha value is -0.480. The van der Waals surface area contributed by atoms with E-state index in [9.17, 15) is 0 Å². The highest BCUT2D eigenvalue weighted by atomic mass is 32.2. The summed E-state index contributed by atoms with van der Waals surface area (Å²) in [7, 11) is 2.01. The van der Waals surface area contributed by atoms with Crippen molar-refractivity contribution in [2.45, 2.75) is 25.4 Å². The van der Waals surface area contributed by atoms with Gasteiger partial charge < -0.3 is 9.30 Å². The largest absolute Gasteiger partial charge is 0.381 e. The average molecular weight is 228 g/mol. The Balaban J connectivity index is 2.00. The van der Waals surface area contributed by atoms with Gasteiger partial charge in [-0.25, -0.2) is 4.98 Å². The average Bonchev–Trinajstić information content (AvgIpc) is 2.57. The molecule has 1 aromatic rings. The van der Waals surface area contributed by atoms with Crippen LogP contribution in [0.15, 0.2) is 17.6 Å². The number of thioether (sulfide) groups is 1. The highest BCUT2D eigenvalue weighted by Crippen LogP contribution is 2.13. The van der Waals surface area contributed by atoms with Crippen LogP contribution in [0.5, 0.6) is 0 Å². The molecule has 0 N–H and O–H groups in total. The van der Waals surface area contributed by atoms with Gasteiger partial charge in [-0.2, -0.15) is 0 Å². The van der Waals surface area contributed by atoms with E-state index in [1.807, 2.05) is 24.0 Å². The molecule has 1 rings (SSSR count). The van der Waals surface area contributed by atoms with Crippen molar-refractivity contribution in [3.05, 3.63) is 12.4 Å². The SMILES string of the molecule is CC(C)CCOCCSc1nccn1C. The number of hydrogen-bond acceptors (Lipinski definition) is 3. The Kier molecular flexibility index (Phi) is 5.79. The Bertz CT molecular complexity index is 273. The molecule has 86 valence electrons. The molecule has 0 fully saturated rings. The number of imidazole rings is 1. The molecule has 3 nitrogen and oxygen atoms in total. The summed E-state index contributed by atoms with van der Waals surface area (Å²) in [4.78, 5) is 4.23. The third kappa shape index (κ3) is 5.23. The first kappa shape index (κ1) is 12.6. The second-order valence-electron chi connectivity index (χ2n) is 3.96. The molecular formula is C11H20N2OS. The normalized spacial score (nSPS) is 11.2. The van der Waals surface area contributed by atoms with E-state index >= 15 is 0 Å². The van der Waals surface area contributed by atoms with Crippen LogP contribution in [0.25, 0.3) is 0 Å². The first-order valence-electron chi connectivity index (χ1n) is 5.38. The van der Waals surface area contributed by atoms with Crippen molar-refractivity contribution in [1.29, 1.82) is 0 Å². The minimum Gasteiger partial charge on any atom is -0.381 e. The second kappa shape index (κ2) is 6.90. The third-order valence-electron chi connectivity index (χ3n) is 2.08. The summed E-state index contributed by atoms with van der Waals surface area (Å²) in [6.07, 6.45) is 4.93. The van der Waals surface area contributed by atoms with Crippen molar-refractivity contribution in [3.63, 3.8) is 0 Å². The molecule has 0 saturated carbocycles. The van der Waals surface area contributed by atoms with E-state index in [0.29, 0.717) is 0 Å². The van der Waals surface area contributed by atoms with Crippen LogP contribution in [0.3, 0.4) is 0 Å². The van der Waals surface area contributed by atoms with E-state index < -0.39 is 0 Å². The predicted molar refractivity (Wildman–Crippen MR) is 64.2 cm³/mol. The molecule has 0 saturated heterocycles. The summed E-state index contributed by atoms with van der Waals surface area (Å²) in [5.41, 5.74) is 0. The van der Waals surface area contributed by atoms with Crippen LogP contribution in [-0.4, -0.2) is 28.5 Å². The van der Waals surface area contributed by atoms with Gasteiger partial charge in [0.15, 0.2) is 5.16 Å². The molecule has 0 amide bonds. The van der Waals surface area contributed by atoms with Gasteiger partial charge in [0.05, 0.1) is 6.61 Å². The zero-order valence-corrected chi connectivity index (χ0v) is 10.6. The van der Waals surface area contributed by atoms with Gasteiger partial charge in [-0.1, -0.05) is 25.6 Å². The summed E-state index contributed by atoms with van der Waals surface area (Å²) in [6, 6.07) is 0. The summed E-state index contributed by atoms with van der Waals surface area (Å²) < 4.78 is 7.55. The van der Waals surface area contributed by atoms with E-state index in [4.69, 9.17) is 4.74 Å². The van der Waals surface area contributed by atoms with Crippen molar-refractivity contribution in [3.8, 4) is 0 Å². The van der Waals surface area contributed by atoms with Crippen molar-refractivity contribution >= 4 is 11.8 Å². The van der Waals surface area contributed by atoms with Gasteiger partial charge in [-0.05, 0) is 12.3 Å². The minimum atomic E-state index is 0.729. The number of aryl methyl sites for hydroxylation is 1. The van der Waals surface area contributed by atoms with E-state index in [0.717, 1.165) is 36.5 Å². The number of hydrogen-bond donors (Lipinski definition) is 0. The maximum absolute atomic E-state index is 5.52. The zero-order valence-electron chi connectivity index (χ0n) is 9.77. The lowest BCUT2D eigenvalue weighted by atomic mass is 10.1. The van der Waals surface area contributed by atoms with Crippen LogP contribution in [0, 0.1) is 5.92 Å². The molecule has 0 aliphatic carbocycles. The van der Waals surface area contributed by atoms with Gasteiger partial charge in [0.1, 0.15) is 0 Å². The number of aromatic nitrogens is 2. The quantitative estimate of drug-likeness (QED) is 0.530. The topological polar surface area (TPSA) is 27.1 Å². The predicted octanol–water partition coefficient (Wildman–Crippen LogP) is 2.57. The molecule has 0 unspecified atom stereocenters. The molecule has 0 spiro atoms. The molecule has 0 aromatic carbocycles. The van der Waals surface area contributed by atoms with E-state index in [1.165, 1.54) is 0 Å². The third-order valence-corrected chi connectivity index (χ3v) is 3.10. The fourth-order valence-electron chi connectivity index (χ4n) is 1.10. The van der Waals surface area contributed by atoms with E-state index in [1.54, 1.807) is 11.8 Å². The zero-order chi connectivity index (χ0) is 11.1. The fraction of sp³-hybridized carbons (Fsp3) is 0.727. The maximum atomic E-state index is 5.52. The lowest BCUT2D eigenvalue weighted by Crippen LogP contribution is -2.02. The van der Waals surface area contributed by atoms with Gasteiger partial charge in [-0.15, -0.1) is 0 Å². The first-order valence-corrected chi connectivity index (χ1v) is 6.36. The molecule has 15 heavy (non-hydrogen) atoms. The van der Waals surface area contributed by atoms with Gasteiger partial charge in [0, 0.05) is 31.8 Å².